The molecule has 2 aliphatic heterocycles. The Hall–Kier alpha value is -3.17. The molecule has 0 aliphatic carbocycles. The molecule has 4 amide bonds. The number of hydrogen-bond donors (Lipinski definition) is 2. The zero-order valence-corrected chi connectivity index (χ0v) is 19.2. The van der Waals surface area contributed by atoms with Gasteiger partial charge >= 0.3 is 6.09 Å². The van der Waals surface area contributed by atoms with Gasteiger partial charge in [0.05, 0.1) is 6.54 Å². The van der Waals surface area contributed by atoms with E-state index >= 15 is 0 Å². The number of hydrogen-bond acceptors (Lipinski definition) is 5. The van der Waals surface area contributed by atoms with Crippen molar-refractivity contribution in [2.45, 2.75) is 77.0 Å². The lowest BCUT2D eigenvalue weighted by Gasteiger charge is -2.29. The van der Waals surface area contributed by atoms with Gasteiger partial charge in [-0.1, -0.05) is 24.3 Å². The Morgan fingerprint density at radius 1 is 1.18 bits per heavy atom. The first kappa shape index (κ1) is 24.5. The predicted octanol–water partition coefficient (Wildman–Crippen LogP) is 1.63. The van der Waals surface area contributed by atoms with Gasteiger partial charge in [-0.2, -0.15) is 0 Å². The first-order chi connectivity index (χ1) is 15.4. The van der Waals surface area contributed by atoms with E-state index in [9.17, 15) is 23.6 Å². The summed E-state index contributed by atoms with van der Waals surface area (Å²) >= 11 is 0. The number of carbonyl (C=O) groups is 4. The number of nitrogens with two attached hydrogens (primary N) is 1. The Balaban J connectivity index is 1.69. The minimum absolute atomic E-state index is 0.0195. The van der Waals surface area contributed by atoms with E-state index in [1.165, 1.54) is 0 Å². The minimum atomic E-state index is -1.39. The monoisotopic (exact) mass is 462 g/mol. The third-order valence-corrected chi connectivity index (χ3v) is 5.69. The van der Waals surface area contributed by atoms with Gasteiger partial charge in [0.2, 0.25) is 17.7 Å². The van der Waals surface area contributed by atoms with Crippen molar-refractivity contribution in [3.63, 3.8) is 0 Å². The van der Waals surface area contributed by atoms with Gasteiger partial charge in [-0.3, -0.25) is 14.4 Å². The molecule has 0 spiro atoms. The van der Waals surface area contributed by atoms with E-state index in [0.29, 0.717) is 13.1 Å². The van der Waals surface area contributed by atoms with Crippen LogP contribution in [0.4, 0.5) is 9.18 Å². The van der Waals surface area contributed by atoms with Gasteiger partial charge in [0.25, 0.3) is 0 Å². The molecule has 0 bridgehead atoms. The summed E-state index contributed by atoms with van der Waals surface area (Å²) in [6, 6.07) is 5.48. The molecule has 3 unspecified atom stereocenters. The van der Waals surface area contributed by atoms with Crippen LogP contribution < -0.4 is 11.1 Å². The number of rotatable bonds is 6. The lowest BCUT2D eigenvalue weighted by Crippen LogP contribution is -2.53. The summed E-state index contributed by atoms with van der Waals surface area (Å²) in [5.74, 6) is -1.65. The number of ether oxygens (including phenoxy) is 1. The van der Waals surface area contributed by atoms with Crippen molar-refractivity contribution >= 4 is 23.8 Å². The standard InChI is InChI=1S/C23H31FN4O5/c1-23(2,3)33-22(32)26-17(21(31)28-13-16(24)10-18(28)20(25)30)8-9-19(29)27-11-14-6-4-5-7-15(14)12-27/h4-7,16-18H,8-13H2,1-3H3,(H2,25,30)(H,26,32). The molecular formula is C23H31FN4O5. The van der Waals surface area contributed by atoms with Gasteiger partial charge in [0, 0.05) is 25.9 Å². The van der Waals surface area contributed by atoms with Crippen molar-refractivity contribution in [3.8, 4) is 0 Å². The third-order valence-electron chi connectivity index (χ3n) is 5.69. The quantitative estimate of drug-likeness (QED) is 0.665. The van der Waals surface area contributed by atoms with Crippen molar-refractivity contribution < 1.29 is 28.3 Å². The van der Waals surface area contributed by atoms with Gasteiger partial charge in [-0.05, 0) is 38.3 Å². The van der Waals surface area contributed by atoms with E-state index in [1.54, 1.807) is 25.7 Å². The molecule has 1 fully saturated rings. The molecule has 1 aromatic rings. The SMILES string of the molecule is CC(C)(C)OC(=O)NC(CCC(=O)N1Cc2ccccc2C1)C(=O)N1CC(F)CC1C(N)=O. The van der Waals surface area contributed by atoms with Gasteiger partial charge in [0.15, 0.2) is 0 Å². The number of alkyl carbamates (subject to hydrolysis) is 1. The van der Waals surface area contributed by atoms with Crippen LogP contribution in [0.2, 0.25) is 0 Å². The van der Waals surface area contributed by atoms with E-state index in [-0.39, 0.29) is 31.7 Å². The van der Waals surface area contributed by atoms with Crippen molar-refractivity contribution in [1.29, 1.82) is 0 Å². The van der Waals surface area contributed by atoms with E-state index in [1.807, 2.05) is 24.3 Å². The van der Waals surface area contributed by atoms with Crippen LogP contribution in [0.25, 0.3) is 0 Å². The number of nitrogens with zero attached hydrogens (tertiary/aromatic N) is 2. The first-order valence-corrected chi connectivity index (χ1v) is 11.0. The number of fused-ring (bicyclic) bond motifs is 1. The molecule has 2 heterocycles. The minimum Gasteiger partial charge on any atom is -0.444 e. The van der Waals surface area contributed by atoms with Gasteiger partial charge in [0.1, 0.15) is 23.9 Å². The van der Waals surface area contributed by atoms with Crippen molar-refractivity contribution in [3.05, 3.63) is 35.4 Å². The lowest BCUT2D eigenvalue weighted by molar-refractivity contribution is -0.139. The highest BCUT2D eigenvalue weighted by Crippen LogP contribution is 2.25. The Kier molecular flexibility index (Phi) is 7.24. The molecule has 180 valence electrons. The molecule has 3 rings (SSSR count). The number of primary amides is 1. The topological polar surface area (TPSA) is 122 Å². The molecule has 3 atom stereocenters. The average Bonchev–Trinajstić information content (AvgIpc) is 3.32. The van der Waals surface area contributed by atoms with E-state index in [4.69, 9.17) is 10.5 Å². The van der Waals surface area contributed by atoms with E-state index < -0.39 is 41.8 Å². The summed E-state index contributed by atoms with van der Waals surface area (Å²) in [5, 5.41) is 2.49. The first-order valence-electron chi connectivity index (χ1n) is 11.0. The lowest BCUT2D eigenvalue weighted by atomic mass is 10.1. The Bertz CT molecular complexity index is 907. The van der Waals surface area contributed by atoms with Crippen LogP contribution in [0.3, 0.4) is 0 Å². The molecule has 1 aromatic carbocycles. The molecule has 1 saturated heterocycles. The van der Waals surface area contributed by atoms with Crippen LogP contribution in [0.1, 0.15) is 51.2 Å². The van der Waals surface area contributed by atoms with Crippen LogP contribution in [0.5, 0.6) is 0 Å². The number of carbonyl (C=O) groups excluding carboxylic acids is 4. The average molecular weight is 463 g/mol. The van der Waals surface area contributed by atoms with Crippen LogP contribution in [-0.2, 0) is 32.2 Å². The fourth-order valence-electron chi connectivity index (χ4n) is 4.14. The molecule has 9 nitrogen and oxygen atoms in total. The maximum absolute atomic E-state index is 14.0. The zero-order valence-electron chi connectivity index (χ0n) is 19.2. The Morgan fingerprint density at radius 3 is 2.33 bits per heavy atom. The number of alkyl halides is 1. The summed E-state index contributed by atoms with van der Waals surface area (Å²) in [4.78, 5) is 52.8. The number of halogens is 1. The van der Waals surface area contributed by atoms with Crippen LogP contribution in [0.15, 0.2) is 24.3 Å². The van der Waals surface area contributed by atoms with E-state index in [2.05, 4.69) is 5.32 Å². The number of likely N-dealkylation sites (tertiary alicyclic amines) is 1. The Labute approximate surface area is 192 Å². The molecule has 10 heteroatoms. The summed E-state index contributed by atoms with van der Waals surface area (Å²) in [7, 11) is 0. The summed E-state index contributed by atoms with van der Waals surface area (Å²) in [5.41, 5.74) is 6.68. The number of benzene rings is 1. The van der Waals surface area contributed by atoms with Crippen molar-refractivity contribution in [2.75, 3.05) is 6.54 Å². The highest BCUT2D eigenvalue weighted by atomic mass is 19.1. The summed E-state index contributed by atoms with van der Waals surface area (Å²) in [6.45, 7) is 5.69. The molecule has 3 N–H and O–H groups in total. The highest BCUT2D eigenvalue weighted by Gasteiger charge is 2.41. The second-order valence-corrected chi connectivity index (χ2v) is 9.50. The summed E-state index contributed by atoms with van der Waals surface area (Å²) in [6.07, 6.45) is -2.46. The maximum Gasteiger partial charge on any atom is 0.408 e. The van der Waals surface area contributed by atoms with Crippen LogP contribution >= 0.6 is 0 Å². The molecule has 0 saturated carbocycles. The largest absolute Gasteiger partial charge is 0.444 e. The molecule has 0 aromatic heterocycles. The van der Waals surface area contributed by atoms with Gasteiger partial charge < -0.3 is 25.6 Å². The second-order valence-electron chi connectivity index (χ2n) is 9.50. The fraction of sp³-hybridized carbons (Fsp3) is 0.565. The normalized spacial score (nSPS) is 20.8. The predicted molar refractivity (Wildman–Crippen MR) is 117 cm³/mol. The Morgan fingerprint density at radius 2 is 1.79 bits per heavy atom. The molecule has 0 radical (unpaired) electrons. The van der Waals surface area contributed by atoms with Crippen LogP contribution in [0, 0.1) is 0 Å². The van der Waals surface area contributed by atoms with Gasteiger partial charge in [-0.25, -0.2) is 9.18 Å². The molecular weight excluding hydrogens is 431 g/mol. The molecule has 33 heavy (non-hydrogen) atoms. The maximum atomic E-state index is 14.0. The van der Waals surface area contributed by atoms with Crippen LogP contribution in [-0.4, -0.2) is 64.0 Å². The fourth-order valence-corrected chi connectivity index (χ4v) is 4.14. The zero-order chi connectivity index (χ0) is 24.3. The second kappa shape index (κ2) is 9.76. The van der Waals surface area contributed by atoms with Crippen molar-refractivity contribution in [2.24, 2.45) is 5.73 Å². The van der Waals surface area contributed by atoms with Gasteiger partial charge in [-0.15, -0.1) is 0 Å². The van der Waals surface area contributed by atoms with E-state index in [0.717, 1.165) is 16.0 Å². The molecule has 2 aliphatic rings. The third kappa shape index (κ3) is 6.21. The number of nitrogens with one attached hydrogen (secondary N) is 1. The van der Waals surface area contributed by atoms with Crippen molar-refractivity contribution in [1.82, 2.24) is 15.1 Å². The summed E-state index contributed by atoms with van der Waals surface area (Å²) < 4.78 is 19.2. The number of amides is 4. The smallest absolute Gasteiger partial charge is 0.408 e. The highest BCUT2D eigenvalue weighted by molar-refractivity contribution is 5.92.